The number of ether oxygens (including phenoxy) is 2. The van der Waals surface area contributed by atoms with E-state index >= 15 is 0 Å². The standard InChI is InChI=1S/C23H31N5O5/c1-27(16-7-3-4-8-16)23(31)32-14-20-21(25-26-28(20)2)19-11-10-18(13-24-19)33-17-9-5-6-15(12-17)22(29)30/h10-11,13,15-17H,3-9,12,14H2,1-2H3,(H,29,30)/t15?,17-/m0/s1. The average Bonchev–Trinajstić information content (AvgIpc) is 3.48. The van der Waals surface area contributed by atoms with Crippen LogP contribution in [0.15, 0.2) is 18.3 Å². The van der Waals surface area contributed by atoms with E-state index in [2.05, 4.69) is 15.3 Å². The van der Waals surface area contributed by atoms with Crippen LogP contribution < -0.4 is 4.74 Å². The van der Waals surface area contributed by atoms with Crippen molar-refractivity contribution in [3.8, 4) is 17.1 Å². The summed E-state index contributed by atoms with van der Waals surface area (Å²) < 4.78 is 13.1. The molecule has 178 valence electrons. The molecule has 33 heavy (non-hydrogen) atoms. The van der Waals surface area contributed by atoms with Gasteiger partial charge in [0.05, 0.1) is 23.9 Å². The lowest BCUT2D eigenvalue weighted by Gasteiger charge is -2.27. The molecular weight excluding hydrogens is 426 g/mol. The number of carboxylic acids is 1. The summed E-state index contributed by atoms with van der Waals surface area (Å²) in [6.07, 6.45) is 8.32. The maximum atomic E-state index is 12.5. The van der Waals surface area contributed by atoms with Crippen LogP contribution in [0, 0.1) is 5.92 Å². The van der Waals surface area contributed by atoms with E-state index < -0.39 is 5.97 Å². The number of hydrogen-bond donors (Lipinski definition) is 1. The topological polar surface area (TPSA) is 120 Å². The highest BCUT2D eigenvalue weighted by molar-refractivity contribution is 5.70. The van der Waals surface area contributed by atoms with Crippen LogP contribution in [0.3, 0.4) is 0 Å². The third kappa shape index (κ3) is 5.43. The van der Waals surface area contributed by atoms with Crippen molar-refractivity contribution in [2.45, 2.75) is 70.1 Å². The zero-order chi connectivity index (χ0) is 23.4. The van der Waals surface area contributed by atoms with Crippen LogP contribution in [0.5, 0.6) is 5.75 Å². The van der Waals surface area contributed by atoms with Gasteiger partial charge in [-0.25, -0.2) is 9.48 Å². The molecular formula is C23H31N5O5. The molecule has 2 aliphatic carbocycles. The number of carbonyl (C=O) groups excluding carboxylic acids is 1. The Hall–Kier alpha value is -3.17. The second kappa shape index (κ2) is 10.2. The third-order valence-electron chi connectivity index (χ3n) is 6.69. The number of carbonyl (C=O) groups is 2. The molecule has 2 heterocycles. The van der Waals surface area contributed by atoms with Crippen molar-refractivity contribution in [3.63, 3.8) is 0 Å². The first kappa shape index (κ1) is 23.0. The SMILES string of the molecule is CN(C(=O)OCc1c(-c2ccc(O[C@H]3CCCC(C(=O)O)C3)cn2)nnn1C)C1CCCC1. The number of amides is 1. The summed E-state index contributed by atoms with van der Waals surface area (Å²) >= 11 is 0. The van der Waals surface area contributed by atoms with Crippen LogP contribution in [0.25, 0.3) is 11.4 Å². The average molecular weight is 458 g/mol. The van der Waals surface area contributed by atoms with Crippen LogP contribution in [0.1, 0.15) is 57.1 Å². The molecule has 1 N–H and O–H groups in total. The Morgan fingerprint density at radius 3 is 2.67 bits per heavy atom. The van der Waals surface area contributed by atoms with Crippen molar-refractivity contribution in [1.82, 2.24) is 24.9 Å². The lowest BCUT2D eigenvalue weighted by Crippen LogP contribution is -2.35. The summed E-state index contributed by atoms with van der Waals surface area (Å²) in [6, 6.07) is 3.82. The molecule has 4 rings (SSSR count). The molecule has 2 aromatic rings. The minimum atomic E-state index is -0.762. The van der Waals surface area contributed by atoms with Gasteiger partial charge in [0.25, 0.3) is 0 Å². The second-order valence-electron chi connectivity index (χ2n) is 8.93. The third-order valence-corrected chi connectivity index (χ3v) is 6.69. The van der Waals surface area contributed by atoms with Gasteiger partial charge < -0.3 is 19.5 Å². The Morgan fingerprint density at radius 1 is 1.18 bits per heavy atom. The van der Waals surface area contributed by atoms with Gasteiger partial charge in [-0.2, -0.15) is 0 Å². The van der Waals surface area contributed by atoms with E-state index in [0.717, 1.165) is 38.5 Å². The first-order chi connectivity index (χ1) is 15.9. The second-order valence-corrected chi connectivity index (χ2v) is 8.93. The van der Waals surface area contributed by atoms with E-state index in [-0.39, 0.29) is 30.8 Å². The minimum absolute atomic E-state index is 0.0489. The van der Waals surface area contributed by atoms with Crippen molar-refractivity contribution < 1.29 is 24.2 Å². The number of aryl methyl sites for hydroxylation is 1. The highest BCUT2D eigenvalue weighted by Crippen LogP contribution is 2.29. The summed E-state index contributed by atoms with van der Waals surface area (Å²) in [4.78, 5) is 29.9. The van der Waals surface area contributed by atoms with Gasteiger partial charge in [0.2, 0.25) is 0 Å². The highest BCUT2D eigenvalue weighted by Gasteiger charge is 2.28. The predicted molar refractivity (Wildman–Crippen MR) is 118 cm³/mol. The van der Waals surface area contributed by atoms with Crippen molar-refractivity contribution in [3.05, 3.63) is 24.0 Å². The number of aromatic nitrogens is 4. The first-order valence-corrected chi connectivity index (χ1v) is 11.6. The predicted octanol–water partition coefficient (Wildman–Crippen LogP) is 3.41. The molecule has 2 atom stereocenters. The molecule has 10 heteroatoms. The molecule has 0 bridgehead atoms. The maximum absolute atomic E-state index is 12.5. The lowest BCUT2D eigenvalue weighted by molar-refractivity contribution is -0.143. The number of pyridine rings is 1. The zero-order valence-electron chi connectivity index (χ0n) is 19.1. The van der Waals surface area contributed by atoms with Crippen molar-refractivity contribution >= 4 is 12.1 Å². The molecule has 0 spiro atoms. The molecule has 2 saturated carbocycles. The van der Waals surface area contributed by atoms with Crippen molar-refractivity contribution in [2.24, 2.45) is 13.0 Å². The van der Waals surface area contributed by atoms with Gasteiger partial charge in [-0.05, 0) is 50.7 Å². The molecule has 2 fully saturated rings. The van der Waals surface area contributed by atoms with Gasteiger partial charge in [0.1, 0.15) is 23.7 Å². The largest absolute Gasteiger partial charge is 0.489 e. The van der Waals surface area contributed by atoms with Crippen molar-refractivity contribution in [2.75, 3.05) is 7.05 Å². The van der Waals surface area contributed by atoms with Gasteiger partial charge in [-0.3, -0.25) is 9.78 Å². The number of rotatable bonds is 7. The van der Waals surface area contributed by atoms with Crippen LogP contribution in [0.2, 0.25) is 0 Å². The fourth-order valence-electron chi connectivity index (χ4n) is 4.67. The quantitative estimate of drug-likeness (QED) is 0.672. The van der Waals surface area contributed by atoms with Gasteiger partial charge in [0, 0.05) is 20.1 Å². The number of hydrogen-bond acceptors (Lipinski definition) is 7. The zero-order valence-corrected chi connectivity index (χ0v) is 19.1. The molecule has 1 amide bonds. The van der Waals surface area contributed by atoms with E-state index in [9.17, 15) is 14.7 Å². The van der Waals surface area contributed by atoms with Crippen LogP contribution >= 0.6 is 0 Å². The minimum Gasteiger partial charge on any atom is -0.489 e. The fraction of sp³-hybridized carbons (Fsp3) is 0.609. The molecule has 0 radical (unpaired) electrons. The molecule has 0 aliphatic heterocycles. The Kier molecular flexibility index (Phi) is 7.10. The summed E-state index contributed by atoms with van der Waals surface area (Å²) in [5.41, 5.74) is 1.79. The monoisotopic (exact) mass is 457 g/mol. The summed E-state index contributed by atoms with van der Waals surface area (Å²) in [5.74, 6) is -0.527. The number of aliphatic carboxylic acids is 1. The smallest absolute Gasteiger partial charge is 0.410 e. The van der Waals surface area contributed by atoms with Gasteiger partial charge >= 0.3 is 12.1 Å². The number of carboxylic acid groups (broad SMARTS) is 1. The molecule has 2 aromatic heterocycles. The summed E-state index contributed by atoms with van der Waals surface area (Å²) in [5, 5.41) is 17.5. The molecule has 1 unspecified atom stereocenters. The fourth-order valence-corrected chi connectivity index (χ4v) is 4.67. The van der Waals surface area contributed by atoms with Crippen LogP contribution in [0.4, 0.5) is 4.79 Å². The van der Waals surface area contributed by atoms with Crippen molar-refractivity contribution in [1.29, 1.82) is 0 Å². The Labute approximate surface area is 192 Å². The molecule has 0 aromatic carbocycles. The van der Waals surface area contributed by atoms with E-state index in [1.807, 2.05) is 0 Å². The van der Waals surface area contributed by atoms with Gasteiger partial charge in [-0.1, -0.05) is 18.1 Å². The lowest BCUT2D eigenvalue weighted by atomic mass is 9.87. The van der Waals surface area contributed by atoms with E-state index in [0.29, 0.717) is 35.7 Å². The number of nitrogens with zero attached hydrogens (tertiary/aromatic N) is 5. The molecule has 0 saturated heterocycles. The Balaban J connectivity index is 1.38. The summed E-state index contributed by atoms with van der Waals surface area (Å²) in [6.45, 7) is 0.0489. The molecule has 10 nitrogen and oxygen atoms in total. The normalized spacial score (nSPS) is 21.0. The van der Waals surface area contributed by atoms with Crippen LogP contribution in [-0.4, -0.2) is 61.2 Å². The summed E-state index contributed by atoms with van der Waals surface area (Å²) in [7, 11) is 3.53. The highest BCUT2D eigenvalue weighted by atomic mass is 16.6. The van der Waals surface area contributed by atoms with Gasteiger partial charge in [-0.15, -0.1) is 5.10 Å². The Bertz CT molecular complexity index is 970. The van der Waals surface area contributed by atoms with E-state index in [4.69, 9.17) is 9.47 Å². The van der Waals surface area contributed by atoms with E-state index in [1.165, 1.54) is 0 Å². The molecule has 2 aliphatic rings. The van der Waals surface area contributed by atoms with Gasteiger partial charge in [0.15, 0.2) is 0 Å². The maximum Gasteiger partial charge on any atom is 0.410 e. The Morgan fingerprint density at radius 2 is 1.97 bits per heavy atom. The van der Waals surface area contributed by atoms with Crippen LogP contribution in [-0.2, 0) is 23.2 Å². The first-order valence-electron chi connectivity index (χ1n) is 11.6. The van der Waals surface area contributed by atoms with E-state index in [1.54, 1.807) is 42.0 Å².